The van der Waals surface area contributed by atoms with Gasteiger partial charge in [-0.1, -0.05) is 99.1 Å². The molecule has 3 aromatic carbocycles. The number of amides is 1. The number of ether oxygens (including phenoxy) is 1. The zero-order valence-corrected chi connectivity index (χ0v) is 37.1. The second kappa shape index (κ2) is 17.3. The van der Waals surface area contributed by atoms with Gasteiger partial charge < -0.3 is 19.0 Å². The van der Waals surface area contributed by atoms with E-state index in [4.69, 9.17) is 20.8 Å². The Morgan fingerprint density at radius 2 is 1.54 bits per heavy atom. The molecular formula is C44H51ClF3N5O4SSi. The Hall–Kier alpha value is -4.37. The molecule has 3 unspecified atom stereocenters. The molecule has 15 heteroatoms. The van der Waals surface area contributed by atoms with Gasteiger partial charge in [0.25, 0.3) is 8.32 Å². The van der Waals surface area contributed by atoms with Gasteiger partial charge in [0.15, 0.2) is 0 Å². The summed E-state index contributed by atoms with van der Waals surface area (Å²) in [5, 5.41) is 1.44. The van der Waals surface area contributed by atoms with Crippen LogP contribution in [0.5, 0.6) is 0 Å². The minimum absolute atomic E-state index is 0.0741. The maximum absolute atomic E-state index is 14.9. The SMILES string of the molecule is CC1CN(c2nc(=O)[nH]c3c(SCC(CO[Si](c4ccccc4)(c4ccccc4)C(C)(C)C)c4cccnc4)c(Cl)c(C(F)(F)F)cc23)CC(C)N1C(=O)OC(C)(C)C. The van der Waals surface area contributed by atoms with Gasteiger partial charge in [-0.05, 0) is 67.7 Å². The van der Waals surface area contributed by atoms with Crippen molar-refractivity contribution in [1.82, 2.24) is 19.9 Å². The number of anilines is 1. The predicted molar refractivity (Wildman–Crippen MR) is 233 cm³/mol. The fourth-order valence-electron chi connectivity index (χ4n) is 8.01. The summed E-state index contributed by atoms with van der Waals surface area (Å²) >= 11 is 7.85. The average molecular weight is 867 g/mol. The van der Waals surface area contributed by atoms with E-state index in [1.165, 1.54) is 0 Å². The number of carbonyl (C=O) groups is 1. The number of piperazine rings is 1. The van der Waals surface area contributed by atoms with E-state index in [9.17, 15) is 22.8 Å². The number of aromatic nitrogens is 3. The van der Waals surface area contributed by atoms with Crippen molar-refractivity contribution >= 4 is 64.9 Å². The third kappa shape index (κ3) is 9.51. The molecule has 0 spiro atoms. The van der Waals surface area contributed by atoms with E-state index in [1.54, 1.807) is 43.0 Å². The van der Waals surface area contributed by atoms with Crippen LogP contribution in [0.2, 0.25) is 10.1 Å². The number of carbonyl (C=O) groups excluding carboxylic acids is 1. The number of aromatic amines is 1. The minimum Gasteiger partial charge on any atom is -0.444 e. The highest BCUT2D eigenvalue weighted by molar-refractivity contribution is 7.99. The number of pyridine rings is 1. The maximum Gasteiger partial charge on any atom is 0.417 e. The first-order valence-electron chi connectivity index (χ1n) is 19.6. The van der Waals surface area contributed by atoms with Gasteiger partial charge in [0.1, 0.15) is 11.4 Å². The molecule has 1 fully saturated rings. The van der Waals surface area contributed by atoms with Gasteiger partial charge in [-0.25, -0.2) is 9.59 Å². The predicted octanol–water partition coefficient (Wildman–Crippen LogP) is 9.28. The Morgan fingerprint density at radius 3 is 2.05 bits per heavy atom. The number of fused-ring (bicyclic) bond motifs is 1. The number of nitrogens with zero attached hydrogens (tertiary/aromatic N) is 4. The first kappa shape index (κ1) is 44.2. The molecule has 0 bridgehead atoms. The number of nitrogens with one attached hydrogen (secondary N) is 1. The summed E-state index contributed by atoms with van der Waals surface area (Å²) in [4.78, 5) is 41.3. The van der Waals surface area contributed by atoms with Gasteiger partial charge in [-0.3, -0.25) is 9.88 Å². The summed E-state index contributed by atoms with van der Waals surface area (Å²) in [6.07, 6.45) is -1.90. The van der Waals surface area contributed by atoms with Crippen LogP contribution in [0.25, 0.3) is 10.9 Å². The van der Waals surface area contributed by atoms with E-state index in [0.29, 0.717) is 0 Å². The Bertz CT molecular complexity index is 2260. The zero-order valence-electron chi connectivity index (χ0n) is 34.6. The summed E-state index contributed by atoms with van der Waals surface area (Å²) in [5.74, 6) is -0.0386. The first-order chi connectivity index (χ1) is 27.7. The number of alkyl halides is 3. The van der Waals surface area contributed by atoms with Crippen LogP contribution in [0.15, 0.2) is 101 Å². The number of rotatable bonds is 10. The third-order valence-electron chi connectivity index (χ3n) is 10.5. The highest BCUT2D eigenvalue weighted by Crippen LogP contribution is 2.46. The van der Waals surface area contributed by atoms with Crippen LogP contribution in [-0.4, -0.2) is 77.4 Å². The Balaban J connectivity index is 1.41. The molecule has 6 rings (SSSR count). The molecule has 0 aliphatic carbocycles. The number of thioether (sulfide) groups is 1. The molecule has 1 N–H and O–H groups in total. The fourth-order valence-corrected chi connectivity index (χ4v) is 14.2. The molecule has 3 heterocycles. The maximum atomic E-state index is 14.9. The number of halogens is 4. The van der Waals surface area contributed by atoms with E-state index in [1.807, 2.05) is 62.4 Å². The molecule has 0 saturated carbocycles. The lowest BCUT2D eigenvalue weighted by Gasteiger charge is -2.45. The van der Waals surface area contributed by atoms with Crippen LogP contribution in [0.4, 0.5) is 23.8 Å². The molecule has 5 aromatic rings. The lowest BCUT2D eigenvalue weighted by atomic mass is 10.0. The van der Waals surface area contributed by atoms with Crippen LogP contribution in [0, 0.1) is 0 Å². The summed E-state index contributed by atoms with van der Waals surface area (Å²) in [7, 11) is -3.01. The van der Waals surface area contributed by atoms with Gasteiger partial charge in [-0.15, -0.1) is 11.8 Å². The van der Waals surface area contributed by atoms with Gasteiger partial charge in [0, 0.05) is 49.1 Å². The smallest absolute Gasteiger partial charge is 0.417 e. The van der Waals surface area contributed by atoms with E-state index < -0.39 is 54.5 Å². The number of hydrogen-bond acceptors (Lipinski definition) is 8. The van der Waals surface area contributed by atoms with E-state index in [0.717, 1.165) is 33.8 Å². The zero-order chi connectivity index (χ0) is 42.9. The summed E-state index contributed by atoms with van der Waals surface area (Å²) in [5.41, 5.74) is -1.51. The molecule has 2 aromatic heterocycles. The number of benzene rings is 3. The van der Waals surface area contributed by atoms with E-state index >= 15 is 0 Å². The highest BCUT2D eigenvalue weighted by Gasteiger charge is 2.50. The standard InChI is InChI=1S/C44H51ClF3N5O4SSi/c1-28-24-52(25-29(2)53(28)41(55)57-42(3,4)5)39-34-22-35(44(46,47)48)36(45)38(37(34)50-40(54)51-39)58-27-31(30-16-15-21-49-23-30)26-56-59(43(6,7)8,32-17-11-9-12-18-32)33-19-13-10-14-20-33/h9-23,28-29,31H,24-27H2,1-8H3,(H,50,51,54). The van der Waals surface area contributed by atoms with Crippen molar-refractivity contribution in [2.24, 2.45) is 0 Å². The Kier molecular flexibility index (Phi) is 13.0. The molecule has 9 nitrogen and oxygen atoms in total. The summed E-state index contributed by atoms with van der Waals surface area (Å²) in [6.45, 7) is 16.2. The van der Waals surface area contributed by atoms with Crippen LogP contribution in [-0.2, 0) is 15.3 Å². The van der Waals surface area contributed by atoms with Crippen LogP contribution in [0.3, 0.4) is 0 Å². The molecule has 1 aliphatic rings. The van der Waals surface area contributed by atoms with Crippen LogP contribution < -0.4 is 21.0 Å². The quantitative estimate of drug-likeness (QED) is 0.110. The van der Waals surface area contributed by atoms with Crippen LogP contribution >= 0.6 is 23.4 Å². The van der Waals surface area contributed by atoms with Crippen molar-refractivity contribution in [2.45, 2.75) is 95.1 Å². The van der Waals surface area contributed by atoms with Gasteiger partial charge >= 0.3 is 18.0 Å². The second-order valence-corrected chi connectivity index (χ2v) is 22.8. The summed E-state index contributed by atoms with van der Waals surface area (Å²) in [6, 6.07) is 24.3. The molecule has 3 atom stereocenters. The van der Waals surface area contributed by atoms with Crippen LogP contribution in [0.1, 0.15) is 72.4 Å². The normalized spacial score (nSPS) is 17.3. The minimum atomic E-state index is -4.82. The lowest BCUT2D eigenvalue weighted by molar-refractivity contribution is -0.137. The number of H-pyrrole nitrogens is 1. The van der Waals surface area contributed by atoms with Gasteiger partial charge in [-0.2, -0.15) is 18.2 Å². The first-order valence-corrected chi connectivity index (χ1v) is 22.9. The van der Waals surface area contributed by atoms with E-state index in [-0.39, 0.29) is 58.0 Å². The Morgan fingerprint density at radius 1 is 0.949 bits per heavy atom. The van der Waals surface area contributed by atoms with Crippen molar-refractivity contribution in [3.05, 3.63) is 118 Å². The molecule has 314 valence electrons. The largest absolute Gasteiger partial charge is 0.444 e. The summed E-state index contributed by atoms with van der Waals surface area (Å²) < 4.78 is 57.6. The Labute approximate surface area is 353 Å². The number of hydrogen-bond donors (Lipinski definition) is 1. The van der Waals surface area contributed by atoms with E-state index in [2.05, 4.69) is 60.0 Å². The molecule has 1 amide bonds. The van der Waals surface area contributed by atoms with Crippen molar-refractivity contribution in [1.29, 1.82) is 0 Å². The monoisotopic (exact) mass is 865 g/mol. The highest BCUT2D eigenvalue weighted by atomic mass is 35.5. The van der Waals surface area contributed by atoms with Gasteiger partial charge in [0.2, 0.25) is 0 Å². The molecule has 1 saturated heterocycles. The molecule has 59 heavy (non-hydrogen) atoms. The van der Waals surface area contributed by atoms with Crippen molar-refractivity contribution in [3.8, 4) is 0 Å². The lowest BCUT2D eigenvalue weighted by Crippen LogP contribution is -2.66. The fraction of sp³-hybridized carbons (Fsp3) is 0.409. The third-order valence-corrected chi connectivity index (χ3v) is 17.3. The molecular weight excluding hydrogens is 815 g/mol. The molecule has 1 aliphatic heterocycles. The van der Waals surface area contributed by atoms with Crippen molar-refractivity contribution in [2.75, 3.05) is 30.3 Å². The average Bonchev–Trinajstić information content (AvgIpc) is 3.15. The topological polar surface area (TPSA) is 101 Å². The van der Waals surface area contributed by atoms with Gasteiger partial charge in [0.05, 0.1) is 33.1 Å². The molecule has 0 radical (unpaired) electrons. The van der Waals surface area contributed by atoms with Crippen molar-refractivity contribution < 1.29 is 27.1 Å². The second-order valence-electron chi connectivity index (χ2n) is 17.1. The van der Waals surface area contributed by atoms with Crippen molar-refractivity contribution in [3.63, 3.8) is 0 Å².